The van der Waals surface area contributed by atoms with E-state index in [4.69, 9.17) is 14.4 Å². The summed E-state index contributed by atoms with van der Waals surface area (Å²) in [6.07, 6.45) is 0. The second kappa shape index (κ2) is 30.2. The van der Waals surface area contributed by atoms with E-state index >= 15 is 0 Å². The molecule has 0 aromatic rings. The fourth-order valence-electron chi connectivity index (χ4n) is 0. The molecule has 0 aliphatic heterocycles. The van der Waals surface area contributed by atoms with Crippen molar-refractivity contribution in [2.24, 2.45) is 0 Å². The summed E-state index contributed by atoms with van der Waals surface area (Å²) in [7, 11) is -5.86. The monoisotopic (exact) mass is 266 g/mol. The third-order valence-corrected chi connectivity index (χ3v) is 0. The van der Waals surface area contributed by atoms with Crippen molar-refractivity contribution < 1.29 is 68.4 Å². The average Bonchev–Trinajstić information content (AvgIpc) is 0.722. The Kier molecular flexibility index (Phi) is 213. The Balaban J connectivity index is -0.00000000381. The molecule has 0 unspecified atom stereocenters. The molecule has 0 saturated heterocycles. The van der Waals surface area contributed by atoms with E-state index in [1.165, 1.54) is 0 Å². The van der Waals surface area contributed by atoms with Crippen LogP contribution in [-0.2, 0) is 17.1 Å². The van der Waals surface area contributed by atoms with Crippen LogP contribution in [0.5, 0.6) is 0 Å². The van der Waals surface area contributed by atoms with E-state index in [-0.39, 0.29) is 49.9 Å². The fraction of sp³-hybridized carbons (Fsp3) is 0. The van der Waals surface area contributed by atoms with Gasteiger partial charge in [0.25, 0.3) is 0 Å². The number of rotatable bonds is 0. The maximum Gasteiger partial charge on any atom is 3.00 e. The third-order valence-electron chi connectivity index (χ3n) is 0. The van der Waals surface area contributed by atoms with Crippen molar-refractivity contribution in [2.75, 3.05) is 0 Å². The molecule has 9 nitrogen and oxygen atoms in total. The minimum absolute atomic E-state index is 0. The molecule has 0 aromatic heterocycles. The zero-order chi connectivity index (χ0) is 4.50. The molecule has 88 valence electrons. The minimum atomic E-state index is -5.86. The summed E-state index contributed by atoms with van der Waals surface area (Å²) in [5, 5.41) is 0. The van der Waals surface area contributed by atoms with Crippen LogP contribution in [0, 0.1) is 0 Å². The molecule has 0 atom stereocenters. The van der Waals surface area contributed by atoms with Crippen LogP contribution in [-0.4, -0.2) is 42.0 Å². The van der Waals surface area contributed by atoms with E-state index in [9.17, 15) is 4.11 Å². The molecule has 0 aliphatic carbocycles. The summed E-state index contributed by atoms with van der Waals surface area (Å²) in [6.45, 7) is 0. The van der Waals surface area contributed by atoms with Crippen LogP contribution in [0.25, 0.3) is 0 Å². The number of hydrogen-bond donors (Lipinski definition) is 0. The van der Waals surface area contributed by atoms with E-state index in [0.29, 0.717) is 0 Å². The normalized spacial score (nSPS) is 5.00. The summed E-state index contributed by atoms with van der Waals surface area (Å²) < 4.78 is 10.2. The molecule has 0 radical (unpaired) electrons. The van der Waals surface area contributed by atoms with Gasteiger partial charge < -0.3 is 51.4 Å². The first-order chi connectivity index (χ1) is 2.00. The van der Waals surface area contributed by atoms with Crippen LogP contribution < -0.4 is 14.4 Å². The van der Waals surface area contributed by atoms with Crippen molar-refractivity contribution in [3.63, 3.8) is 0 Å². The van der Waals surface area contributed by atoms with Crippen LogP contribution in [0.2, 0.25) is 0 Å². The van der Waals surface area contributed by atoms with Crippen molar-refractivity contribution >= 4 is 9.14 Å². The molecule has 12 N–H and O–H groups in total. The molecular formula is H12CuFO9Si. The maximum absolute atomic E-state index is 10.2. The number of halogens is 1. The van der Waals surface area contributed by atoms with E-state index in [2.05, 4.69) is 0 Å². The first kappa shape index (κ1) is 84.8. The van der Waals surface area contributed by atoms with Gasteiger partial charge in [-0.1, -0.05) is 9.14 Å². The zero-order valence-corrected chi connectivity index (χ0v) is 7.35. The second-order valence-electron chi connectivity index (χ2n) is 0.481. The largest absolute Gasteiger partial charge is 3.00 e. The Hall–Kier alpha value is 0.306. The Morgan fingerprint density at radius 3 is 0.667 bits per heavy atom. The van der Waals surface area contributed by atoms with Gasteiger partial charge in [-0.25, -0.2) is 0 Å². The van der Waals surface area contributed by atoms with Crippen LogP contribution in [0.15, 0.2) is 0 Å². The van der Waals surface area contributed by atoms with Crippen molar-refractivity contribution in [2.45, 2.75) is 0 Å². The third kappa shape index (κ3) is 9510. The molecule has 0 heterocycles. The Bertz CT molecular complexity index is 30.0. The molecule has 0 bridgehead atoms. The quantitative estimate of drug-likeness (QED) is 0.305. The van der Waals surface area contributed by atoms with Crippen LogP contribution in [0.4, 0.5) is 4.11 Å². The second-order valence-corrected chi connectivity index (χ2v) is 1.44. The van der Waals surface area contributed by atoms with Gasteiger partial charge in [0.2, 0.25) is 0 Å². The van der Waals surface area contributed by atoms with E-state index in [1.54, 1.807) is 0 Å². The summed E-state index contributed by atoms with van der Waals surface area (Å²) in [6, 6.07) is 0. The summed E-state index contributed by atoms with van der Waals surface area (Å²) in [5.74, 6) is 0. The van der Waals surface area contributed by atoms with Crippen molar-refractivity contribution in [3.05, 3.63) is 0 Å². The fourth-order valence-corrected chi connectivity index (χ4v) is 0. The standard InChI is InChI=1S/Cu.FO3Si.6H2O/c;1-5(2,3)4;;;;;;/h;;6*1H2/q+3;-3;;;;;;. The van der Waals surface area contributed by atoms with Gasteiger partial charge in [-0.3, -0.25) is 0 Å². The molecule has 0 saturated carbocycles. The number of hydrogen-bond acceptors (Lipinski definition) is 3. The molecule has 0 amide bonds. The summed E-state index contributed by atoms with van der Waals surface area (Å²) in [4.78, 5) is 25.4. The van der Waals surface area contributed by atoms with E-state index < -0.39 is 9.14 Å². The molecule has 0 aliphatic rings. The molecule has 0 spiro atoms. The average molecular weight is 267 g/mol. The van der Waals surface area contributed by atoms with Gasteiger partial charge in [0.1, 0.15) is 0 Å². The first-order valence-corrected chi connectivity index (χ1v) is 2.40. The Labute approximate surface area is 78.3 Å². The van der Waals surface area contributed by atoms with Crippen LogP contribution in [0.3, 0.4) is 0 Å². The van der Waals surface area contributed by atoms with E-state index in [1.807, 2.05) is 0 Å². The zero-order valence-electron chi connectivity index (χ0n) is 5.40. The first-order valence-electron chi connectivity index (χ1n) is 0.801. The molecule has 0 fully saturated rings. The molecular weight excluding hydrogens is 255 g/mol. The van der Waals surface area contributed by atoms with Gasteiger partial charge in [0.15, 0.2) is 0 Å². The van der Waals surface area contributed by atoms with Crippen molar-refractivity contribution in [3.8, 4) is 0 Å². The van der Waals surface area contributed by atoms with Gasteiger partial charge in [-0.05, 0) is 0 Å². The molecule has 0 rings (SSSR count). The minimum Gasteiger partial charge on any atom is -0.857 e. The van der Waals surface area contributed by atoms with Crippen LogP contribution in [0.1, 0.15) is 0 Å². The molecule has 0 aromatic carbocycles. The molecule has 12 heavy (non-hydrogen) atoms. The summed E-state index contributed by atoms with van der Waals surface area (Å²) in [5.41, 5.74) is 0. The molecule has 12 heteroatoms. The van der Waals surface area contributed by atoms with Gasteiger partial charge >= 0.3 is 17.1 Å². The Morgan fingerprint density at radius 2 is 0.667 bits per heavy atom. The predicted octanol–water partition coefficient (Wildman–Crippen LogP) is -8.48. The topological polar surface area (TPSA) is 258 Å². The Morgan fingerprint density at radius 1 is 0.667 bits per heavy atom. The van der Waals surface area contributed by atoms with Gasteiger partial charge in [0.05, 0.1) is 0 Å². The SMILES string of the molecule is O.O.O.O.O.O.[Cu+3].[O-][Si]([O-])([O-])F. The van der Waals surface area contributed by atoms with E-state index in [0.717, 1.165) is 0 Å². The van der Waals surface area contributed by atoms with Crippen LogP contribution >= 0.6 is 0 Å². The van der Waals surface area contributed by atoms with Gasteiger partial charge in [0, 0.05) is 0 Å². The van der Waals surface area contributed by atoms with Gasteiger partial charge in [-0.15, -0.1) is 0 Å². The van der Waals surface area contributed by atoms with Crippen molar-refractivity contribution in [1.82, 2.24) is 0 Å². The summed E-state index contributed by atoms with van der Waals surface area (Å²) >= 11 is 0. The smallest absolute Gasteiger partial charge is 0.857 e. The predicted molar refractivity (Wildman–Crippen MR) is 28.5 cm³/mol. The van der Waals surface area contributed by atoms with Gasteiger partial charge in [-0.2, -0.15) is 0 Å². The van der Waals surface area contributed by atoms with Crippen molar-refractivity contribution in [1.29, 1.82) is 0 Å². The maximum atomic E-state index is 10.2.